The molecule has 0 aliphatic rings. The number of nitrogens with zero attached hydrogens (tertiary/aromatic N) is 5. The molecule has 7 heteroatoms. The standard InChI is InChI=1S/C9H5N5O2/c10-4-7-3-8(14(15)16)1-2-9(7)13-6-11-5-12-13/h1-3,5-6H. The van der Waals surface area contributed by atoms with Gasteiger partial charge in [0.15, 0.2) is 0 Å². The molecule has 1 heterocycles. The number of benzene rings is 1. The second-order valence-corrected chi connectivity index (χ2v) is 2.91. The summed E-state index contributed by atoms with van der Waals surface area (Å²) in [5, 5.41) is 23.3. The van der Waals surface area contributed by atoms with Crippen LogP contribution in [0, 0.1) is 21.4 Å². The monoisotopic (exact) mass is 215 g/mol. The van der Waals surface area contributed by atoms with Gasteiger partial charge in [0.1, 0.15) is 18.7 Å². The molecule has 0 fully saturated rings. The maximum atomic E-state index is 10.5. The molecule has 0 aliphatic carbocycles. The van der Waals surface area contributed by atoms with Gasteiger partial charge in [-0.05, 0) is 6.07 Å². The molecule has 0 unspecified atom stereocenters. The summed E-state index contributed by atoms with van der Waals surface area (Å²) in [5.74, 6) is 0. The number of aromatic nitrogens is 3. The zero-order chi connectivity index (χ0) is 11.5. The lowest BCUT2D eigenvalue weighted by Gasteiger charge is -2.02. The highest BCUT2D eigenvalue weighted by atomic mass is 16.6. The van der Waals surface area contributed by atoms with E-state index in [0.29, 0.717) is 5.69 Å². The Morgan fingerprint density at radius 2 is 2.31 bits per heavy atom. The van der Waals surface area contributed by atoms with Gasteiger partial charge in [0, 0.05) is 12.1 Å². The molecule has 2 rings (SSSR count). The molecule has 0 amide bonds. The molecule has 0 bridgehead atoms. The van der Waals surface area contributed by atoms with Gasteiger partial charge in [0.25, 0.3) is 5.69 Å². The maximum absolute atomic E-state index is 10.5. The number of nitro benzene ring substituents is 1. The van der Waals surface area contributed by atoms with Crippen molar-refractivity contribution in [3.63, 3.8) is 0 Å². The Labute approximate surface area is 89.7 Å². The second-order valence-electron chi connectivity index (χ2n) is 2.91. The average molecular weight is 215 g/mol. The third-order valence-electron chi connectivity index (χ3n) is 1.98. The molecule has 78 valence electrons. The summed E-state index contributed by atoms with van der Waals surface area (Å²) in [7, 11) is 0. The predicted molar refractivity (Wildman–Crippen MR) is 52.7 cm³/mol. The fourth-order valence-electron chi connectivity index (χ4n) is 1.26. The largest absolute Gasteiger partial charge is 0.270 e. The van der Waals surface area contributed by atoms with E-state index in [-0.39, 0.29) is 11.3 Å². The summed E-state index contributed by atoms with van der Waals surface area (Å²) in [6.45, 7) is 0. The van der Waals surface area contributed by atoms with E-state index in [1.54, 1.807) is 0 Å². The van der Waals surface area contributed by atoms with Crippen molar-refractivity contribution in [1.29, 1.82) is 5.26 Å². The van der Waals surface area contributed by atoms with Crippen LogP contribution in [-0.4, -0.2) is 19.7 Å². The van der Waals surface area contributed by atoms with Crippen molar-refractivity contribution in [3.8, 4) is 11.8 Å². The lowest BCUT2D eigenvalue weighted by atomic mass is 10.2. The van der Waals surface area contributed by atoms with Crippen LogP contribution in [0.4, 0.5) is 5.69 Å². The van der Waals surface area contributed by atoms with Crippen molar-refractivity contribution in [2.75, 3.05) is 0 Å². The van der Waals surface area contributed by atoms with Crippen LogP contribution in [0.5, 0.6) is 0 Å². The number of nitriles is 1. The molecular formula is C9H5N5O2. The Balaban J connectivity index is 2.57. The van der Waals surface area contributed by atoms with Gasteiger partial charge < -0.3 is 0 Å². The average Bonchev–Trinajstić information content (AvgIpc) is 2.81. The van der Waals surface area contributed by atoms with Crippen molar-refractivity contribution < 1.29 is 4.92 Å². The quantitative estimate of drug-likeness (QED) is 0.550. The van der Waals surface area contributed by atoms with Gasteiger partial charge in [-0.1, -0.05) is 0 Å². The lowest BCUT2D eigenvalue weighted by molar-refractivity contribution is -0.384. The fraction of sp³-hybridized carbons (Fsp3) is 0. The summed E-state index contributed by atoms with van der Waals surface area (Å²) < 4.78 is 1.38. The summed E-state index contributed by atoms with van der Waals surface area (Å²) in [4.78, 5) is 13.7. The number of hydrogen-bond acceptors (Lipinski definition) is 5. The first-order chi connectivity index (χ1) is 7.72. The molecule has 0 spiro atoms. The molecule has 0 atom stereocenters. The minimum atomic E-state index is -0.550. The second kappa shape index (κ2) is 3.78. The highest BCUT2D eigenvalue weighted by molar-refractivity contribution is 5.53. The molecule has 1 aromatic heterocycles. The number of rotatable bonds is 2. The molecule has 0 saturated heterocycles. The van der Waals surface area contributed by atoms with Gasteiger partial charge in [-0.15, -0.1) is 0 Å². The summed E-state index contributed by atoms with van der Waals surface area (Å²) in [6.07, 6.45) is 2.74. The summed E-state index contributed by atoms with van der Waals surface area (Å²) >= 11 is 0. The van der Waals surface area contributed by atoms with Crippen LogP contribution in [0.2, 0.25) is 0 Å². The predicted octanol–water partition coefficient (Wildman–Crippen LogP) is 1.05. The number of non-ortho nitro benzene ring substituents is 1. The van der Waals surface area contributed by atoms with E-state index in [9.17, 15) is 10.1 Å². The Morgan fingerprint density at radius 1 is 1.50 bits per heavy atom. The van der Waals surface area contributed by atoms with Crippen LogP contribution in [0.1, 0.15) is 5.56 Å². The van der Waals surface area contributed by atoms with Crippen molar-refractivity contribution in [1.82, 2.24) is 14.8 Å². The van der Waals surface area contributed by atoms with Crippen LogP contribution in [0.3, 0.4) is 0 Å². The minimum absolute atomic E-state index is 0.125. The van der Waals surface area contributed by atoms with Crippen LogP contribution in [0.25, 0.3) is 5.69 Å². The Hall–Kier alpha value is -2.75. The Bertz CT molecular complexity index is 570. The number of nitro groups is 1. The molecule has 7 nitrogen and oxygen atoms in total. The Kier molecular flexibility index (Phi) is 2.31. The molecule has 16 heavy (non-hydrogen) atoms. The molecular weight excluding hydrogens is 210 g/mol. The maximum Gasteiger partial charge on any atom is 0.270 e. The van der Waals surface area contributed by atoms with E-state index in [2.05, 4.69) is 10.1 Å². The van der Waals surface area contributed by atoms with Crippen molar-refractivity contribution in [2.24, 2.45) is 0 Å². The van der Waals surface area contributed by atoms with E-state index >= 15 is 0 Å². The third kappa shape index (κ3) is 1.59. The smallest absolute Gasteiger partial charge is 0.258 e. The highest BCUT2D eigenvalue weighted by Crippen LogP contribution is 2.19. The van der Waals surface area contributed by atoms with E-state index in [1.807, 2.05) is 6.07 Å². The van der Waals surface area contributed by atoms with Gasteiger partial charge >= 0.3 is 0 Å². The van der Waals surface area contributed by atoms with E-state index < -0.39 is 4.92 Å². The normalized spacial score (nSPS) is 9.69. The third-order valence-corrected chi connectivity index (χ3v) is 1.98. The van der Waals surface area contributed by atoms with E-state index in [0.717, 1.165) is 0 Å². The summed E-state index contributed by atoms with van der Waals surface area (Å²) in [5.41, 5.74) is 0.519. The van der Waals surface area contributed by atoms with Gasteiger partial charge in [0.05, 0.1) is 16.2 Å². The van der Waals surface area contributed by atoms with Gasteiger partial charge in [0.2, 0.25) is 0 Å². The van der Waals surface area contributed by atoms with E-state index in [1.165, 1.54) is 35.5 Å². The van der Waals surface area contributed by atoms with Crippen molar-refractivity contribution in [2.45, 2.75) is 0 Å². The van der Waals surface area contributed by atoms with Crippen LogP contribution in [-0.2, 0) is 0 Å². The molecule has 1 aromatic carbocycles. The topological polar surface area (TPSA) is 97.6 Å². The van der Waals surface area contributed by atoms with Gasteiger partial charge in [-0.2, -0.15) is 10.4 Å². The summed E-state index contributed by atoms with van der Waals surface area (Å²) in [6, 6.07) is 5.87. The first-order valence-corrected chi connectivity index (χ1v) is 4.26. The minimum Gasteiger partial charge on any atom is -0.258 e. The van der Waals surface area contributed by atoms with E-state index in [4.69, 9.17) is 5.26 Å². The van der Waals surface area contributed by atoms with Crippen LogP contribution < -0.4 is 0 Å². The molecule has 0 radical (unpaired) electrons. The van der Waals surface area contributed by atoms with Gasteiger partial charge in [-0.3, -0.25) is 10.1 Å². The van der Waals surface area contributed by atoms with Crippen LogP contribution >= 0.6 is 0 Å². The zero-order valence-electron chi connectivity index (χ0n) is 7.94. The Morgan fingerprint density at radius 3 is 2.88 bits per heavy atom. The molecule has 0 aliphatic heterocycles. The first kappa shape index (κ1) is 9.79. The van der Waals surface area contributed by atoms with Crippen molar-refractivity contribution >= 4 is 5.69 Å². The van der Waals surface area contributed by atoms with Crippen molar-refractivity contribution in [3.05, 3.63) is 46.5 Å². The first-order valence-electron chi connectivity index (χ1n) is 4.26. The molecule has 2 aromatic rings. The van der Waals surface area contributed by atoms with Crippen LogP contribution in [0.15, 0.2) is 30.9 Å². The highest BCUT2D eigenvalue weighted by Gasteiger charge is 2.11. The van der Waals surface area contributed by atoms with Gasteiger partial charge in [-0.25, -0.2) is 9.67 Å². The molecule has 0 saturated carbocycles. The number of hydrogen-bond donors (Lipinski definition) is 0. The molecule has 0 N–H and O–H groups in total. The fourth-order valence-corrected chi connectivity index (χ4v) is 1.26. The SMILES string of the molecule is N#Cc1cc([N+](=O)[O-])ccc1-n1cncn1. The lowest BCUT2D eigenvalue weighted by Crippen LogP contribution is -1.99. The zero-order valence-corrected chi connectivity index (χ0v) is 7.94.